The van der Waals surface area contributed by atoms with Crippen molar-refractivity contribution in [1.82, 2.24) is 9.55 Å². The van der Waals surface area contributed by atoms with Crippen LogP contribution in [-0.4, -0.2) is 74.5 Å². The molecule has 0 spiro atoms. The van der Waals surface area contributed by atoms with E-state index in [0.29, 0.717) is 13.2 Å². The molecule has 0 amide bonds. The number of anilines is 1. The number of hydrogen-bond donors (Lipinski definition) is 1. The predicted octanol–water partition coefficient (Wildman–Crippen LogP) is 7.39. The van der Waals surface area contributed by atoms with Crippen molar-refractivity contribution < 1.29 is 17.4 Å². The fraction of sp³-hybridized carbons (Fsp3) is 0.706. The second-order valence-corrected chi connectivity index (χ2v) is 33.7. The Morgan fingerprint density at radius 3 is 2.11 bits per heavy atom. The average molecular weight is 785 g/mol. The number of nitrogen functional groups attached to an aromatic ring is 1. The van der Waals surface area contributed by atoms with Crippen LogP contribution < -0.4 is 15.9 Å². The van der Waals surface area contributed by atoms with Gasteiger partial charge in [-0.05, 0) is 0 Å². The van der Waals surface area contributed by atoms with E-state index in [2.05, 4.69) is 125 Å². The van der Waals surface area contributed by atoms with E-state index in [1.807, 2.05) is 10.8 Å². The van der Waals surface area contributed by atoms with E-state index < -0.39 is 30.3 Å². The number of rotatable bonds is 10. The molecule has 4 atom stereocenters. The van der Waals surface area contributed by atoms with Gasteiger partial charge in [-0.25, -0.2) is 0 Å². The third-order valence-electron chi connectivity index (χ3n) is 10.5. The topological polar surface area (TPSA) is 97.8 Å². The fourth-order valence-corrected chi connectivity index (χ4v) is 24.8. The summed E-state index contributed by atoms with van der Waals surface area (Å²) in [5, 5.41) is -0.0376. The molecular weight excluding hydrogens is 726 g/mol. The number of nitrogens with zero attached hydrogens (tertiary/aromatic N) is 2. The molecule has 1 aromatic carbocycles. The van der Waals surface area contributed by atoms with E-state index in [1.165, 1.54) is 4.46 Å². The van der Waals surface area contributed by atoms with Crippen LogP contribution in [0.2, 0.25) is 45.1 Å². The Hall–Kier alpha value is -0.740. The molecule has 2 saturated heterocycles. The zero-order valence-electron chi connectivity index (χ0n) is 30.8. The Morgan fingerprint density at radius 2 is 1.60 bits per heavy atom. The van der Waals surface area contributed by atoms with E-state index in [1.54, 1.807) is 17.8 Å². The van der Waals surface area contributed by atoms with Crippen LogP contribution in [0.4, 0.5) is 5.82 Å². The minimum atomic E-state index is -2.92. The van der Waals surface area contributed by atoms with Gasteiger partial charge < -0.3 is 0 Å². The molecule has 0 saturated carbocycles. The summed E-state index contributed by atoms with van der Waals surface area (Å²) in [4.78, 5) is 17.3. The fourth-order valence-electron chi connectivity index (χ4n) is 6.64. The summed E-state index contributed by atoms with van der Waals surface area (Å²) < 4.78 is 32.8. The third-order valence-corrected chi connectivity index (χ3v) is 30.3. The summed E-state index contributed by atoms with van der Waals surface area (Å²) in [6.07, 6.45) is 1.61. The molecule has 2 N–H and O–H groups in total. The molecule has 264 valence electrons. The molecular formula is C34H59N3O5SSeSi3. The summed E-state index contributed by atoms with van der Waals surface area (Å²) in [5.41, 5.74) is 6.60. The molecule has 47 heavy (non-hydrogen) atoms. The van der Waals surface area contributed by atoms with Gasteiger partial charge in [0.1, 0.15) is 0 Å². The van der Waals surface area contributed by atoms with Gasteiger partial charge >= 0.3 is 299 Å². The molecule has 2 aliphatic heterocycles. The van der Waals surface area contributed by atoms with Crippen molar-refractivity contribution in [3.8, 4) is 0 Å². The normalized spacial score (nSPS) is 26.5. The van der Waals surface area contributed by atoms with Crippen molar-refractivity contribution in [2.45, 2.75) is 137 Å². The van der Waals surface area contributed by atoms with Crippen LogP contribution >= 0.6 is 11.8 Å². The molecule has 8 nitrogen and oxygen atoms in total. The van der Waals surface area contributed by atoms with Gasteiger partial charge in [-0.2, -0.15) is 0 Å². The Bertz CT molecular complexity index is 1410. The summed E-state index contributed by atoms with van der Waals surface area (Å²) in [7, 11) is -7.91. The van der Waals surface area contributed by atoms with Crippen molar-refractivity contribution in [2.24, 2.45) is 0 Å². The van der Waals surface area contributed by atoms with E-state index in [-0.39, 0.29) is 69.8 Å². The molecule has 1 aromatic heterocycles. The number of hydrogen-bond acceptors (Lipinski definition) is 8. The molecule has 0 bridgehead atoms. The van der Waals surface area contributed by atoms with Gasteiger partial charge in [0.05, 0.1) is 0 Å². The van der Waals surface area contributed by atoms with Gasteiger partial charge in [-0.1, -0.05) is 0 Å². The van der Waals surface area contributed by atoms with E-state index in [4.69, 9.17) is 23.1 Å². The Kier molecular flexibility index (Phi) is 12.0. The van der Waals surface area contributed by atoms with Gasteiger partial charge in [0.25, 0.3) is 0 Å². The molecule has 4 rings (SSSR count). The van der Waals surface area contributed by atoms with Gasteiger partial charge in [-0.3, -0.25) is 0 Å². The zero-order chi connectivity index (χ0) is 35.2. The number of nitrogens with two attached hydrogens (primary N) is 1. The standard InChI is InChI=1S/C34H59N3O5SSeSi3/c1-23(2)46(24(3)4)39-21-28-30(41-47(42-46,25(5)6)26(7)8)31(44-27-17-15-14-16-18-27)34(43-28,22-40-45(12,13)33(9,10)11)37-20-19-29(35)36-32(37)38/h14-20,23-26,28,30-31H,21-22H2,1-13H3,(H2,35,36,38)/t28-,30-,31-,34-/m1/s1. The second kappa shape index (κ2) is 14.5. The summed E-state index contributed by atoms with van der Waals surface area (Å²) in [6, 6.07) is 12.4. The van der Waals surface area contributed by atoms with Crippen molar-refractivity contribution in [3.05, 3.63) is 53.1 Å². The molecule has 0 radical (unpaired) electrons. The first kappa shape index (κ1) is 39.1. The molecule has 2 aromatic rings. The summed E-state index contributed by atoms with van der Waals surface area (Å²) in [5.74, 6) is 0.217. The first-order valence-corrected chi connectivity index (χ1v) is 26.7. The number of fused-ring (bicyclic) bond motifs is 1. The van der Waals surface area contributed by atoms with Crippen LogP contribution in [0.25, 0.3) is 0 Å². The predicted molar refractivity (Wildman–Crippen MR) is 205 cm³/mol. The third kappa shape index (κ3) is 7.50. The second-order valence-electron chi connectivity index (χ2n) is 16.0. The first-order valence-electron chi connectivity index (χ1n) is 17.1. The van der Waals surface area contributed by atoms with Gasteiger partial charge in [0.15, 0.2) is 0 Å². The van der Waals surface area contributed by atoms with Crippen LogP contribution in [0.5, 0.6) is 0 Å². The van der Waals surface area contributed by atoms with Crippen LogP contribution in [0.1, 0.15) is 76.2 Å². The average Bonchev–Trinajstić information content (AvgIpc) is 3.23. The Morgan fingerprint density at radius 1 is 1.02 bits per heavy atom. The number of aromatic nitrogens is 2. The molecule has 2 aliphatic rings. The summed E-state index contributed by atoms with van der Waals surface area (Å²) in [6.45, 7) is 30.3. The van der Waals surface area contributed by atoms with Crippen molar-refractivity contribution in [3.63, 3.8) is 0 Å². The monoisotopic (exact) mass is 785 g/mol. The van der Waals surface area contributed by atoms with Crippen LogP contribution in [0.3, 0.4) is 0 Å². The molecule has 13 heteroatoms. The minimum absolute atomic E-state index is 0.00584. The number of benzene rings is 1. The van der Waals surface area contributed by atoms with Crippen LogP contribution in [-0.2, 0) is 22.3 Å². The maximum absolute atomic E-state index is 14.0. The van der Waals surface area contributed by atoms with Crippen LogP contribution in [0.15, 0.2) is 47.4 Å². The molecule has 3 heterocycles. The van der Waals surface area contributed by atoms with Gasteiger partial charge in [0, 0.05) is 0 Å². The quantitative estimate of drug-likeness (QED) is 0.249. The molecule has 0 aliphatic carbocycles. The SMILES string of the molecule is CC(C)[Si]1(C(C)C)OC[C@H]2S[C@@](CO[Si](C)(C)C(C)(C)C)(n3ccc(N)nc3=O)[C@H]([Se]c3ccccc3)[C@@H]2O[Si](C(C)C)(C(C)C)O1. The first-order chi connectivity index (χ1) is 21.7. The van der Waals surface area contributed by atoms with Crippen molar-refractivity contribution in [1.29, 1.82) is 0 Å². The van der Waals surface area contributed by atoms with Crippen molar-refractivity contribution in [2.75, 3.05) is 18.9 Å². The van der Waals surface area contributed by atoms with E-state index in [0.717, 1.165) is 0 Å². The van der Waals surface area contributed by atoms with Crippen LogP contribution in [0, 0.1) is 0 Å². The maximum atomic E-state index is 14.0. The van der Waals surface area contributed by atoms with E-state index >= 15 is 0 Å². The molecule has 2 fully saturated rings. The number of thioether (sulfide) groups is 1. The zero-order valence-corrected chi connectivity index (χ0v) is 36.4. The van der Waals surface area contributed by atoms with Gasteiger partial charge in [0.2, 0.25) is 0 Å². The van der Waals surface area contributed by atoms with Gasteiger partial charge in [-0.15, -0.1) is 0 Å². The Labute approximate surface area is 297 Å². The molecule has 0 unspecified atom stereocenters. The Balaban J connectivity index is 2.00. The van der Waals surface area contributed by atoms with E-state index in [9.17, 15) is 4.79 Å². The van der Waals surface area contributed by atoms with Crippen molar-refractivity contribution >= 4 is 62.4 Å². The summed E-state index contributed by atoms with van der Waals surface area (Å²) >= 11 is 1.70.